The van der Waals surface area contributed by atoms with Gasteiger partial charge >= 0.3 is 0 Å². The molecule has 0 aliphatic rings. The molecule has 0 amide bonds. The van der Waals surface area contributed by atoms with Gasteiger partial charge in [-0.1, -0.05) is 23.7 Å². The molecule has 3 rings (SSSR count). The predicted molar refractivity (Wildman–Crippen MR) is 89.1 cm³/mol. The van der Waals surface area contributed by atoms with E-state index < -0.39 is 0 Å². The Kier molecular flexibility index (Phi) is 4.35. The smallest absolute Gasteiger partial charge is 0.134 e. The second-order valence-electron chi connectivity index (χ2n) is 5.36. The Labute approximate surface area is 139 Å². The Balaban J connectivity index is 1.76. The van der Waals surface area contributed by atoms with Gasteiger partial charge in [0.2, 0.25) is 0 Å². The van der Waals surface area contributed by atoms with Crippen LogP contribution in [-0.4, -0.2) is 9.78 Å². The first-order valence-electron chi connectivity index (χ1n) is 7.20. The maximum Gasteiger partial charge on any atom is 0.134 e. The summed E-state index contributed by atoms with van der Waals surface area (Å²) in [6.45, 7) is 2.22. The Morgan fingerprint density at radius 2 is 1.87 bits per heavy atom. The summed E-state index contributed by atoms with van der Waals surface area (Å²) >= 11 is 5.84. The van der Waals surface area contributed by atoms with Gasteiger partial charge in [-0.2, -0.15) is 5.10 Å². The first-order valence-corrected chi connectivity index (χ1v) is 7.58. The predicted octanol–water partition coefficient (Wildman–Crippen LogP) is 4.77. The maximum atomic E-state index is 14.4. The van der Waals surface area contributed by atoms with Crippen molar-refractivity contribution in [2.45, 2.75) is 13.5 Å². The topological polar surface area (TPSA) is 27.1 Å². The summed E-state index contributed by atoms with van der Waals surface area (Å²) in [4.78, 5) is 0. The molecule has 1 aromatic heterocycles. The van der Waals surface area contributed by atoms with Crippen molar-refractivity contribution >= 4 is 11.6 Å². The van der Waals surface area contributed by atoms with Crippen LogP contribution in [0.3, 0.4) is 0 Å². The molecule has 5 heteroatoms. The van der Waals surface area contributed by atoms with E-state index in [0.717, 1.165) is 16.8 Å². The fraction of sp³-hybridized carbons (Fsp3) is 0.167. The summed E-state index contributed by atoms with van der Waals surface area (Å²) in [6, 6.07) is 12.2. The monoisotopic (exact) mass is 330 g/mol. The van der Waals surface area contributed by atoms with Crippen LogP contribution < -0.4 is 4.74 Å². The molecule has 0 bridgehead atoms. The van der Waals surface area contributed by atoms with Crippen LogP contribution in [0.4, 0.5) is 4.39 Å². The van der Waals surface area contributed by atoms with Crippen molar-refractivity contribution in [2.24, 2.45) is 7.05 Å². The van der Waals surface area contributed by atoms with Crippen LogP contribution in [0.5, 0.6) is 5.75 Å². The van der Waals surface area contributed by atoms with Crippen molar-refractivity contribution < 1.29 is 9.13 Å². The van der Waals surface area contributed by atoms with Crippen LogP contribution >= 0.6 is 11.6 Å². The van der Waals surface area contributed by atoms with Gasteiger partial charge in [0.15, 0.2) is 0 Å². The van der Waals surface area contributed by atoms with Gasteiger partial charge < -0.3 is 4.74 Å². The molecule has 3 aromatic rings. The molecule has 23 heavy (non-hydrogen) atoms. The molecule has 0 aliphatic carbocycles. The minimum absolute atomic E-state index is 0.324. The summed E-state index contributed by atoms with van der Waals surface area (Å²) in [7, 11) is 1.82. The number of hydrogen-bond donors (Lipinski definition) is 0. The molecule has 0 N–H and O–H groups in total. The molecular weight excluding hydrogens is 315 g/mol. The summed E-state index contributed by atoms with van der Waals surface area (Å²) in [5.74, 6) is 0.164. The average molecular weight is 331 g/mol. The van der Waals surface area contributed by atoms with Crippen LogP contribution in [0.15, 0.2) is 48.7 Å². The highest BCUT2D eigenvalue weighted by atomic mass is 35.5. The van der Waals surface area contributed by atoms with Gasteiger partial charge in [0.05, 0.1) is 5.69 Å². The fourth-order valence-corrected chi connectivity index (χ4v) is 2.54. The number of hydrogen-bond acceptors (Lipinski definition) is 2. The van der Waals surface area contributed by atoms with E-state index in [1.165, 1.54) is 6.07 Å². The van der Waals surface area contributed by atoms with E-state index in [-0.39, 0.29) is 5.82 Å². The third-order valence-corrected chi connectivity index (χ3v) is 3.81. The Hall–Kier alpha value is -2.33. The molecule has 1 heterocycles. The number of aromatic nitrogens is 2. The van der Waals surface area contributed by atoms with Gasteiger partial charge in [0, 0.05) is 35.5 Å². The lowest BCUT2D eigenvalue weighted by Crippen LogP contribution is -1.96. The highest BCUT2D eigenvalue weighted by Crippen LogP contribution is 2.28. The number of halogens is 2. The van der Waals surface area contributed by atoms with Crippen molar-refractivity contribution in [2.75, 3.05) is 0 Å². The zero-order valence-electron chi connectivity index (χ0n) is 12.9. The molecule has 0 saturated carbocycles. The molecule has 0 aliphatic heterocycles. The quantitative estimate of drug-likeness (QED) is 0.689. The molecule has 0 spiro atoms. The first-order chi connectivity index (χ1) is 11.0. The van der Waals surface area contributed by atoms with Gasteiger partial charge in [-0.25, -0.2) is 4.39 Å². The van der Waals surface area contributed by atoms with Gasteiger partial charge in [0.1, 0.15) is 18.2 Å². The first kappa shape index (κ1) is 15.6. The summed E-state index contributed by atoms with van der Waals surface area (Å²) < 4.78 is 21.7. The summed E-state index contributed by atoms with van der Waals surface area (Å²) in [5, 5.41) is 4.92. The lowest BCUT2D eigenvalue weighted by molar-refractivity contribution is 0.304. The molecule has 0 radical (unpaired) electrons. The molecular formula is C18H16ClFN2O. The van der Waals surface area contributed by atoms with Crippen LogP contribution in [0.2, 0.25) is 5.02 Å². The number of nitrogens with zero attached hydrogens (tertiary/aromatic N) is 2. The molecule has 0 unspecified atom stereocenters. The van der Waals surface area contributed by atoms with Crippen LogP contribution in [-0.2, 0) is 13.7 Å². The van der Waals surface area contributed by atoms with Gasteiger partial charge in [0.25, 0.3) is 0 Å². The van der Waals surface area contributed by atoms with E-state index in [1.807, 2.05) is 32.3 Å². The van der Waals surface area contributed by atoms with E-state index in [2.05, 4.69) is 5.10 Å². The summed E-state index contributed by atoms with van der Waals surface area (Å²) in [5.41, 5.74) is 3.08. The minimum Gasteiger partial charge on any atom is -0.489 e. The van der Waals surface area contributed by atoms with Crippen molar-refractivity contribution in [3.05, 3.63) is 70.8 Å². The van der Waals surface area contributed by atoms with E-state index >= 15 is 0 Å². The van der Waals surface area contributed by atoms with Crippen LogP contribution in [0.25, 0.3) is 11.1 Å². The number of aryl methyl sites for hydroxylation is 2. The van der Waals surface area contributed by atoms with Crippen LogP contribution in [0, 0.1) is 12.7 Å². The zero-order chi connectivity index (χ0) is 16.4. The van der Waals surface area contributed by atoms with Crippen molar-refractivity contribution in [1.82, 2.24) is 9.78 Å². The van der Waals surface area contributed by atoms with Gasteiger partial charge in [-0.3, -0.25) is 4.68 Å². The zero-order valence-corrected chi connectivity index (χ0v) is 13.6. The molecule has 0 atom stereocenters. The highest BCUT2D eigenvalue weighted by Gasteiger charge is 2.12. The number of ether oxygens (including phenoxy) is 1. The second kappa shape index (κ2) is 6.42. The molecule has 2 aromatic carbocycles. The highest BCUT2D eigenvalue weighted by molar-refractivity contribution is 6.30. The molecule has 118 valence electrons. The van der Waals surface area contributed by atoms with Crippen molar-refractivity contribution in [1.29, 1.82) is 0 Å². The molecule has 0 saturated heterocycles. The van der Waals surface area contributed by atoms with E-state index in [4.69, 9.17) is 16.3 Å². The van der Waals surface area contributed by atoms with Gasteiger partial charge in [-0.15, -0.1) is 0 Å². The lowest BCUT2D eigenvalue weighted by atomic mass is 10.1. The van der Waals surface area contributed by atoms with Crippen molar-refractivity contribution in [3.63, 3.8) is 0 Å². The van der Waals surface area contributed by atoms with E-state index in [0.29, 0.717) is 22.9 Å². The average Bonchev–Trinajstić information content (AvgIpc) is 2.85. The lowest BCUT2D eigenvalue weighted by Gasteiger charge is -2.08. The minimum atomic E-state index is -0.324. The Morgan fingerprint density at radius 1 is 1.13 bits per heavy atom. The number of rotatable bonds is 4. The fourth-order valence-electron chi connectivity index (χ4n) is 2.42. The molecule has 3 nitrogen and oxygen atoms in total. The SMILES string of the molecule is Cc1nn(C)cc1-c1ccc(OCc2ccc(Cl)cc2)cc1F. The Bertz CT molecular complexity index is 828. The second-order valence-corrected chi connectivity index (χ2v) is 5.80. The number of benzene rings is 2. The normalized spacial score (nSPS) is 10.8. The van der Waals surface area contributed by atoms with Crippen molar-refractivity contribution in [3.8, 4) is 16.9 Å². The standard InChI is InChI=1S/C18H16ClFN2O/c1-12-17(10-22(2)21-12)16-8-7-15(9-18(16)20)23-11-13-3-5-14(19)6-4-13/h3-10H,11H2,1-2H3. The largest absolute Gasteiger partial charge is 0.489 e. The third-order valence-electron chi connectivity index (χ3n) is 3.56. The van der Waals surface area contributed by atoms with E-state index in [1.54, 1.807) is 28.9 Å². The van der Waals surface area contributed by atoms with E-state index in [9.17, 15) is 4.39 Å². The summed E-state index contributed by atoms with van der Waals surface area (Å²) in [6.07, 6.45) is 1.81. The Morgan fingerprint density at radius 3 is 2.48 bits per heavy atom. The van der Waals surface area contributed by atoms with Crippen LogP contribution in [0.1, 0.15) is 11.3 Å². The molecule has 0 fully saturated rings. The maximum absolute atomic E-state index is 14.4. The third kappa shape index (κ3) is 3.54. The van der Waals surface area contributed by atoms with Gasteiger partial charge in [-0.05, 0) is 36.8 Å².